The number of anilines is 3. The van der Waals surface area contributed by atoms with Crippen LogP contribution in [0, 0.1) is 0 Å². The molecule has 0 unspecified atom stereocenters. The zero-order chi connectivity index (χ0) is 29.5. The van der Waals surface area contributed by atoms with Gasteiger partial charge in [-0.05, 0) is 73.7 Å². The molecule has 0 radical (unpaired) electrons. The molecule has 1 heterocycles. The van der Waals surface area contributed by atoms with Crippen LogP contribution in [0.4, 0.5) is 30.2 Å². The van der Waals surface area contributed by atoms with Crippen molar-refractivity contribution in [1.29, 1.82) is 0 Å². The van der Waals surface area contributed by atoms with Gasteiger partial charge in [0, 0.05) is 49.3 Å². The molecule has 3 N–H and O–H groups in total. The lowest BCUT2D eigenvalue weighted by Gasteiger charge is -2.36. The maximum Gasteiger partial charge on any atom is 0.418 e. The molecule has 2 fully saturated rings. The number of amides is 1. The number of halogens is 3. The number of nitrogens with two attached hydrogens (primary N) is 1. The summed E-state index contributed by atoms with van der Waals surface area (Å²) >= 11 is 0. The average Bonchev–Trinajstić information content (AvgIpc) is 3.01. The van der Waals surface area contributed by atoms with Gasteiger partial charge in [-0.1, -0.05) is 30.3 Å². The molecule has 7 nitrogen and oxygen atoms in total. The molecule has 1 saturated carbocycles. The first-order chi connectivity index (χ1) is 20.2. The van der Waals surface area contributed by atoms with Crippen molar-refractivity contribution < 1.29 is 27.4 Å². The summed E-state index contributed by atoms with van der Waals surface area (Å²) in [6.07, 6.45) is -1.54. The summed E-state index contributed by atoms with van der Waals surface area (Å²) in [4.78, 5) is 16.9. The van der Waals surface area contributed by atoms with Crippen molar-refractivity contribution in [3.8, 4) is 5.75 Å². The van der Waals surface area contributed by atoms with Crippen molar-refractivity contribution in [2.75, 3.05) is 48.7 Å². The molecule has 224 valence electrons. The van der Waals surface area contributed by atoms with E-state index in [9.17, 15) is 18.0 Å². The summed E-state index contributed by atoms with van der Waals surface area (Å²) in [6.45, 7) is 3.32. The average molecular weight is 583 g/mol. The lowest BCUT2D eigenvalue weighted by molar-refractivity contribution is -0.139. The number of nitrogens with zero attached hydrogens (tertiary/aromatic N) is 2. The number of hydrogen-bond acceptors (Lipinski definition) is 6. The van der Waals surface area contributed by atoms with E-state index in [1.165, 1.54) is 6.07 Å². The highest BCUT2D eigenvalue weighted by atomic mass is 19.4. The van der Waals surface area contributed by atoms with E-state index >= 15 is 0 Å². The molecule has 10 heteroatoms. The van der Waals surface area contributed by atoms with Crippen molar-refractivity contribution in [2.45, 2.75) is 50.6 Å². The molecule has 42 heavy (non-hydrogen) atoms. The van der Waals surface area contributed by atoms with E-state index in [4.69, 9.17) is 15.2 Å². The second-order valence-electron chi connectivity index (χ2n) is 10.9. The van der Waals surface area contributed by atoms with E-state index in [2.05, 4.69) is 22.3 Å². The summed E-state index contributed by atoms with van der Waals surface area (Å²) < 4.78 is 51.3. The predicted molar refractivity (Wildman–Crippen MR) is 157 cm³/mol. The fraction of sp³-hybridized carbons (Fsp3) is 0.406. The number of ether oxygens (including phenoxy) is 2. The van der Waals surface area contributed by atoms with E-state index in [0.29, 0.717) is 25.4 Å². The van der Waals surface area contributed by atoms with Crippen molar-refractivity contribution in [3.63, 3.8) is 0 Å². The number of carbonyl (C=O) groups excluding carboxylic acids is 1. The van der Waals surface area contributed by atoms with Crippen LogP contribution in [0.3, 0.4) is 0 Å². The Morgan fingerprint density at radius 2 is 1.60 bits per heavy atom. The van der Waals surface area contributed by atoms with Crippen LogP contribution in [-0.2, 0) is 22.3 Å². The summed E-state index contributed by atoms with van der Waals surface area (Å²) in [6, 6.07) is 22.1. The largest absolute Gasteiger partial charge is 0.489 e. The standard InChI is InChI=1S/C32H37F3N4O3/c33-32(34,35)29-20-25(8-15-30(29)36)37-24-6-11-27(12-7-24)42-22-31(40)39-18-16-38(17-19-39)26-9-13-28(14-10-26)41-21-23-4-2-1-3-5-23/h1-5,8-10,13-15,20,24,27,37H,6-7,11-12,16-19,21-22,36H2. The highest BCUT2D eigenvalue weighted by Gasteiger charge is 2.33. The van der Waals surface area contributed by atoms with Gasteiger partial charge in [0.05, 0.1) is 11.7 Å². The Morgan fingerprint density at radius 1 is 0.905 bits per heavy atom. The Balaban J connectivity index is 0.998. The smallest absolute Gasteiger partial charge is 0.418 e. The Kier molecular flexibility index (Phi) is 9.41. The SMILES string of the molecule is Nc1ccc(NC2CCC(OCC(=O)N3CCN(c4ccc(OCc5ccccc5)cc4)CC3)CC2)cc1C(F)(F)F. The zero-order valence-corrected chi connectivity index (χ0v) is 23.5. The lowest BCUT2D eigenvalue weighted by Crippen LogP contribution is -2.50. The molecule has 1 amide bonds. The van der Waals surface area contributed by atoms with Crippen molar-refractivity contribution >= 4 is 23.0 Å². The Hall–Kier alpha value is -3.92. The highest BCUT2D eigenvalue weighted by molar-refractivity contribution is 5.77. The molecule has 2 aliphatic rings. The number of hydrogen-bond donors (Lipinski definition) is 2. The van der Waals surface area contributed by atoms with E-state index in [1.807, 2.05) is 47.4 Å². The number of piperazine rings is 1. The Bertz CT molecular complexity index is 1300. The van der Waals surface area contributed by atoms with Gasteiger partial charge < -0.3 is 30.3 Å². The van der Waals surface area contributed by atoms with Gasteiger partial charge >= 0.3 is 6.18 Å². The van der Waals surface area contributed by atoms with Crippen LogP contribution in [0.1, 0.15) is 36.8 Å². The maximum atomic E-state index is 13.2. The molecule has 0 bridgehead atoms. The fourth-order valence-electron chi connectivity index (χ4n) is 5.49. The van der Waals surface area contributed by atoms with Crippen LogP contribution in [-0.4, -0.2) is 55.7 Å². The van der Waals surface area contributed by atoms with Gasteiger partial charge in [-0.25, -0.2) is 0 Å². The predicted octanol–water partition coefficient (Wildman–Crippen LogP) is 5.96. The van der Waals surface area contributed by atoms with Gasteiger partial charge in [0.2, 0.25) is 5.91 Å². The molecule has 3 aromatic carbocycles. The second-order valence-corrected chi connectivity index (χ2v) is 10.9. The molecule has 1 aliphatic carbocycles. The molecule has 0 atom stereocenters. The molecule has 1 saturated heterocycles. The van der Waals surface area contributed by atoms with E-state index < -0.39 is 11.7 Å². The van der Waals surface area contributed by atoms with Crippen LogP contribution in [0.15, 0.2) is 72.8 Å². The van der Waals surface area contributed by atoms with Crippen LogP contribution >= 0.6 is 0 Å². The highest BCUT2D eigenvalue weighted by Crippen LogP contribution is 2.36. The third-order valence-electron chi connectivity index (χ3n) is 7.93. The van der Waals surface area contributed by atoms with Gasteiger partial charge in [-0.2, -0.15) is 13.2 Å². The van der Waals surface area contributed by atoms with Gasteiger partial charge in [-0.15, -0.1) is 0 Å². The zero-order valence-electron chi connectivity index (χ0n) is 23.5. The minimum Gasteiger partial charge on any atom is -0.489 e. The Morgan fingerprint density at radius 3 is 2.26 bits per heavy atom. The summed E-state index contributed by atoms with van der Waals surface area (Å²) in [7, 11) is 0. The topological polar surface area (TPSA) is 80.1 Å². The minimum absolute atomic E-state index is 0.0129. The number of nitrogen functional groups attached to an aromatic ring is 1. The number of alkyl halides is 3. The lowest BCUT2D eigenvalue weighted by atomic mass is 9.92. The summed E-state index contributed by atoms with van der Waals surface area (Å²) in [5.74, 6) is 0.806. The molecule has 3 aromatic rings. The van der Waals surface area contributed by atoms with Crippen LogP contribution in [0.25, 0.3) is 0 Å². The monoisotopic (exact) mass is 582 g/mol. The normalized spacial score (nSPS) is 19.4. The third kappa shape index (κ3) is 7.88. The quantitative estimate of drug-likeness (QED) is 0.304. The van der Waals surface area contributed by atoms with Crippen LogP contribution in [0.5, 0.6) is 5.75 Å². The number of carbonyl (C=O) groups is 1. The van der Waals surface area contributed by atoms with Gasteiger partial charge in [-0.3, -0.25) is 4.79 Å². The Labute approximate surface area is 244 Å². The molecular formula is C32H37F3N4O3. The first-order valence-corrected chi connectivity index (χ1v) is 14.4. The van der Waals surface area contributed by atoms with Crippen LogP contribution in [0.2, 0.25) is 0 Å². The fourth-order valence-corrected chi connectivity index (χ4v) is 5.49. The molecule has 0 spiro atoms. The van der Waals surface area contributed by atoms with E-state index in [-0.39, 0.29) is 30.3 Å². The molecular weight excluding hydrogens is 545 g/mol. The number of nitrogens with one attached hydrogen (secondary N) is 1. The minimum atomic E-state index is -4.49. The molecule has 5 rings (SSSR count). The van der Waals surface area contributed by atoms with E-state index in [1.54, 1.807) is 6.07 Å². The third-order valence-corrected chi connectivity index (χ3v) is 7.93. The van der Waals surface area contributed by atoms with Crippen molar-refractivity contribution in [1.82, 2.24) is 4.90 Å². The van der Waals surface area contributed by atoms with Crippen molar-refractivity contribution in [3.05, 3.63) is 83.9 Å². The van der Waals surface area contributed by atoms with Gasteiger partial charge in [0.25, 0.3) is 0 Å². The van der Waals surface area contributed by atoms with Crippen molar-refractivity contribution in [2.24, 2.45) is 0 Å². The second kappa shape index (κ2) is 13.4. The first-order valence-electron chi connectivity index (χ1n) is 14.4. The van der Waals surface area contributed by atoms with E-state index in [0.717, 1.165) is 61.8 Å². The summed E-state index contributed by atoms with van der Waals surface area (Å²) in [5.41, 5.74) is 7.02. The molecule has 1 aliphatic heterocycles. The number of rotatable bonds is 9. The summed E-state index contributed by atoms with van der Waals surface area (Å²) in [5, 5.41) is 3.19. The van der Waals surface area contributed by atoms with Crippen LogP contribution < -0.4 is 20.7 Å². The number of benzene rings is 3. The first kappa shape index (κ1) is 29.6. The van der Waals surface area contributed by atoms with Gasteiger partial charge in [0.1, 0.15) is 19.0 Å². The maximum absolute atomic E-state index is 13.2. The molecule has 0 aromatic heterocycles. The van der Waals surface area contributed by atoms with Gasteiger partial charge in [0.15, 0.2) is 0 Å².